The number of amides is 1. The van der Waals surface area contributed by atoms with Gasteiger partial charge in [-0.15, -0.1) is 0 Å². The second kappa shape index (κ2) is 7.44. The fourth-order valence-corrected chi connectivity index (χ4v) is 2.99. The lowest BCUT2D eigenvalue weighted by molar-refractivity contribution is 0.102. The molecule has 2 aromatic carbocycles. The van der Waals surface area contributed by atoms with E-state index in [-0.39, 0.29) is 5.91 Å². The van der Waals surface area contributed by atoms with Crippen LogP contribution in [0, 0.1) is 20.8 Å². The van der Waals surface area contributed by atoms with Crippen LogP contribution >= 0.6 is 0 Å². The van der Waals surface area contributed by atoms with Crippen LogP contribution in [-0.4, -0.2) is 22.8 Å². The summed E-state index contributed by atoms with van der Waals surface area (Å²) < 4.78 is 7.21. The SMILES string of the molecule is COc1ccccc1C(=O)Nc1c(C)nn(Cc2ccccc2C)c1C. The van der Waals surface area contributed by atoms with Crippen molar-refractivity contribution in [3.63, 3.8) is 0 Å². The van der Waals surface area contributed by atoms with Crippen LogP contribution in [0.25, 0.3) is 0 Å². The summed E-state index contributed by atoms with van der Waals surface area (Å²) in [6.07, 6.45) is 0. The Bertz CT molecular complexity index is 944. The van der Waals surface area contributed by atoms with E-state index in [9.17, 15) is 4.79 Å². The number of ether oxygens (including phenoxy) is 1. The molecule has 3 rings (SSSR count). The summed E-state index contributed by atoms with van der Waals surface area (Å²) in [4.78, 5) is 12.7. The number of hydrogen-bond donors (Lipinski definition) is 1. The molecule has 0 saturated heterocycles. The number of nitrogens with zero attached hydrogens (tertiary/aromatic N) is 2. The van der Waals surface area contributed by atoms with E-state index in [0.717, 1.165) is 17.1 Å². The fraction of sp³-hybridized carbons (Fsp3) is 0.238. The third-order valence-corrected chi connectivity index (χ3v) is 4.55. The minimum Gasteiger partial charge on any atom is -0.496 e. The first-order valence-corrected chi connectivity index (χ1v) is 8.54. The molecular weight excluding hydrogens is 326 g/mol. The minimum atomic E-state index is -0.205. The Morgan fingerprint density at radius 2 is 1.77 bits per heavy atom. The van der Waals surface area contributed by atoms with E-state index < -0.39 is 0 Å². The zero-order valence-corrected chi connectivity index (χ0v) is 15.5. The van der Waals surface area contributed by atoms with Crippen molar-refractivity contribution in [1.82, 2.24) is 9.78 Å². The van der Waals surface area contributed by atoms with Crippen LogP contribution in [0.3, 0.4) is 0 Å². The maximum atomic E-state index is 12.7. The first kappa shape index (κ1) is 17.7. The highest BCUT2D eigenvalue weighted by Crippen LogP contribution is 2.24. The Hall–Kier alpha value is -3.08. The number of anilines is 1. The van der Waals surface area contributed by atoms with Crippen LogP contribution in [0.2, 0.25) is 0 Å². The van der Waals surface area contributed by atoms with E-state index in [0.29, 0.717) is 17.9 Å². The van der Waals surface area contributed by atoms with Crippen LogP contribution in [0.4, 0.5) is 5.69 Å². The first-order chi connectivity index (χ1) is 12.5. The van der Waals surface area contributed by atoms with Gasteiger partial charge in [0.2, 0.25) is 0 Å². The zero-order chi connectivity index (χ0) is 18.7. The van der Waals surface area contributed by atoms with Crippen LogP contribution in [-0.2, 0) is 6.54 Å². The van der Waals surface area contributed by atoms with Crippen LogP contribution in [0.15, 0.2) is 48.5 Å². The highest BCUT2D eigenvalue weighted by molar-refractivity contribution is 6.06. The summed E-state index contributed by atoms with van der Waals surface area (Å²) in [5, 5.41) is 7.59. The van der Waals surface area contributed by atoms with Gasteiger partial charge in [0.1, 0.15) is 5.75 Å². The average molecular weight is 349 g/mol. The van der Waals surface area contributed by atoms with Crippen LogP contribution in [0.5, 0.6) is 5.75 Å². The molecule has 0 spiro atoms. The first-order valence-electron chi connectivity index (χ1n) is 8.54. The molecule has 0 aliphatic rings. The Morgan fingerprint density at radius 3 is 2.50 bits per heavy atom. The molecule has 1 N–H and O–H groups in total. The molecule has 0 aliphatic carbocycles. The van der Waals surface area contributed by atoms with Gasteiger partial charge in [-0.25, -0.2) is 0 Å². The third kappa shape index (κ3) is 3.47. The van der Waals surface area contributed by atoms with Crippen molar-refractivity contribution in [2.24, 2.45) is 0 Å². The monoisotopic (exact) mass is 349 g/mol. The van der Waals surface area contributed by atoms with Crippen LogP contribution in [0.1, 0.15) is 32.9 Å². The van der Waals surface area contributed by atoms with Gasteiger partial charge in [-0.05, 0) is 44.0 Å². The molecule has 1 amide bonds. The largest absolute Gasteiger partial charge is 0.496 e. The number of hydrogen-bond acceptors (Lipinski definition) is 3. The fourth-order valence-electron chi connectivity index (χ4n) is 2.99. The Labute approximate surface area is 153 Å². The van der Waals surface area contributed by atoms with Gasteiger partial charge >= 0.3 is 0 Å². The van der Waals surface area contributed by atoms with E-state index in [1.807, 2.05) is 42.8 Å². The number of methoxy groups -OCH3 is 1. The second-order valence-electron chi connectivity index (χ2n) is 6.28. The zero-order valence-electron chi connectivity index (χ0n) is 15.5. The number of para-hydroxylation sites is 1. The number of rotatable bonds is 5. The van der Waals surface area contributed by atoms with Gasteiger partial charge in [0, 0.05) is 0 Å². The second-order valence-corrected chi connectivity index (χ2v) is 6.28. The predicted molar refractivity (Wildman–Crippen MR) is 103 cm³/mol. The van der Waals surface area contributed by atoms with Crippen molar-refractivity contribution in [2.75, 3.05) is 12.4 Å². The summed E-state index contributed by atoms with van der Waals surface area (Å²) >= 11 is 0. The Kier molecular flexibility index (Phi) is 5.07. The van der Waals surface area contributed by atoms with Gasteiger partial charge in [0.25, 0.3) is 5.91 Å². The number of carbonyl (C=O) groups excluding carboxylic acids is 1. The molecule has 134 valence electrons. The predicted octanol–water partition coefficient (Wildman–Crippen LogP) is 4.12. The Balaban J connectivity index is 1.86. The lowest BCUT2D eigenvalue weighted by atomic mass is 10.1. The maximum Gasteiger partial charge on any atom is 0.259 e. The summed E-state index contributed by atoms with van der Waals surface area (Å²) in [5.41, 5.74) is 5.39. The Morgan fingerprint density at radius 1 is 1.08 bits per heavy atom. The lowest BCUT2D eigenvalue weighted by Crippen LogP contribution is -2.14. The molecule has 0 fully saturated rings. The molecule has 5 nitrogen and oxygen atoms in total. The van der Waals surface area contributed by atoms with Crippen molar-refractivity contribution in [3.05, 3.63) is 76.6 Å². The standard InChI is InChI=1S/C21H23N3O2/c1-14-9-5-6-10-17(14)13-24-16(3)20(15(2)23-24)22-21(25)18-11-7-8-12-19(18)26-4/h5-12H,13H2,1-4H3,(H,22,25). The number of aryl methyl sites for hydroxylation is 2. The molecular formula is C21H23N3O2. The van der Waals surface area contributed by atoms with Gasteiger partial charge in [0.05, 0.1) is 36.3 Å². The van der Waals surface area contributed by atoms with Crippen molar-refractivity contribution >= 4 is 11.6 Å². The van der Waals surface area contributed by atoms with Crippen molar-refractivity contribution < 1.29 is 9.53 Å². The van der Waals surface area contributed by atoms with E-state index in [1.54, 1.807) is 19.2 Å². The van der Waals surface area contributed by atoms with Crippen LogP contribution < -0.4 is 10.1 Å². The number of nitrogens with one attached hydrogen (secondary N) is 1. The minimum absolute atomic E-state index is 0.205. The summed E-state index contributed by atoms with van der Waals surface area (Å²) in [6, 6.07) is 15.4. The molecule has 0 aliphatic heterocycles. The smallest absolute Gasteiger partial charge is 0.259 e. The van der Waals surface area contributed by atoms with Gasteiger partial charge < -0.3 is 10.1 Å². The molecule has 26 heavy (non-hydrogen) atoms. The van der Waals surface area contributed by atoms with E-state index in [1.165, 1.54) is 11.1 Å². The molecule has 5 heteroatoms. The molecule has 3 aromatic rings. The highest BCUT2D eigenvalue weighted by atomic mass is 16.5. The maximum absolute atomic E-state index is 12.7. The summed E-state index contributed by atoms with van der Waals surface area (Å²) in [5.74, 6) is 0.344. The normalized spacial score (nSPS) is 10.6. The van der Waals surface area contributed by atoms with E-state index >= 15 is 0 Å². The lowest BCUT2D eigenvalue weighted by Gasteiger charge is -2.10. The van der Waals surface area contributed by atoms with E-state index in [2.05, 4.69) is 29.5 Å². The quantitative estimate of drug-likeness (QED) is 0.754. The molecule has 0 unspecified atom stereocenters. The van der Waals surface area contributed by atoms with Crippen molar-refractivity contribution in [2.45, 2.75) is 27.3 Å². The molecule has 0 radical (unpaired) electrons. The van der Waals surface area contributed by atoms with Crippen molar-refractivity contribution in [3.8, 4) is 5.75 Å². The number of aromatic nitrogens is 2. The van der Waals surface area contributed by atoms with Gasteiger partial charge in [-0.2, -0.15) is 5.10 Å². The molecule has 0 bridgehead atoms. The van der Waals surface area contributed by atoms with Crippen molar-refractivity contribution in [1.29, 1.82) is 0 Å². The topological polar surface area (TPSA) is 56.1 Å². The summed E-state index contributed by atoms with van der Waals surface area (Å²) in [6.45, 7) is 6.63. The highest BCUT2D eigenvalue weighted by Gasteiger charge is 2.18. The van der Waals surface area contributed by atoms with E-state index in [4.69, 9.17) is 4.74 Å². The number of benzene rings is 2. The average Bonchev–Trinajstić information content (AvgIpc) is 2.91. The molecule has 0 saturated carbocycles. The van der Waals surface area contributed by atoms with Gasteiger partial charge in [0.15, 0.2) is 0 Å². The van der Waals surface area contributed by atoms with Gasteiger partial charge in [-0.3, -0.25) is 9.48 Å². The summed E-state index contributed by atoms with van der Waals surface area (Å²) in [7, 11) is 1.56. The van der Waals surface area contributed by atoms with Gasteiger partial charge in [-0.1, -0.05) is 36.4 Å². The molecule has 1 aromatic heterocycles. The number of carbonyl (C=O) groups is 1. The third-order valence-electron chi connectivity index (χ3n) is 4.55. The molecule has 0 atom stereocenters. The molecule has 1 heterocycles.